The van der Waals surface area contributed by atoms with Crippen LogP contribution in [0.3, 0.4) is 0 Å². The monoisotopic (exact) mass is 394 g/mol. The second-order valence-electron chi connectivity index (χ2n) is 9.17. The molecule has 2 aromatic rings. The van der Waals surface area contributed by atoms with E-state index in [4.69, 9.17) is 4.98 Å². The van der Waals surface area contributed by atoms with Gasteiger partial charge >= 0.3 is 0 Å². The van der Waals surface area contributed by atoms with E-state index in [1.54, 1.807) is 6.20 Å². The summed E-state index contributed by atoms with van der Waals surface area (Å²) in [6.07, 6.45) is 3.79. The molecular formula is C22H30N6O. The zero-order chi connectivity index (χ0) is 20.8. The number of nitrogens with zero attached hydrogens (tertiary/aromatic N) is 4. The Morgan fingerprint density at radius 3 is 2.55 bits per heavy atom. The predicted octanol–water partition coefficient (Wildman–Crippen LogP) is 3.61. The molecule has 1 amide bonds. The summed E-state index contributed by atoms with van der Waals surface area (Å²) in [5.74, 6) is 1.01. The summed E-state index contributed by atoms with van der Waals surface area (Å²) >= 11 is 0. The first-order valence-electron chi connectivity index (χ1n) is 10.2. The van der Waals surface area contributed by atoms with E-state index in [1.807, 2.05) is 19.2 Å². The first-order chi connectivity index (χ1) is 13.7. The molecule has 1 saturated heterocycles. The molecule has 0 spiro atoms. The van der Waals surface area contributed by atoms with Crippen LogP contribution in [0.5, 0.6) is 0 Å². The van der Waals surface area contributed by atoms with Gasteiger partial charge in [0.25, 0.3) is 5.91 Å². The molecule has 4 rings (SSSR count). The van der Waals surface area contributed by atoms with E-state index >= 15 is 0 Å². The number of carbonyl (C=O) groups is 1. The first kappa shape index (κ1) is 19.6. The fourth-order valence-electron chi connectivity index (χ4n) is 3.89. The molecule has 0 bridgehead atoms. The van der Waals surface area contributed by atoms with Gasteiger partial charge in [-0.15, -0.1) is 0 Å². The number of benzene rings is 1. The van der Waals surface area contributed by atoms with E-state index in [9.17, 15) is 4.79 Å². The highest BCUT2D eigenvalue weighted by molar-refractivity contribution is 6.11. The lowest BCUT2D eigenvalue weighted by Crippen LogP contribution is -2.42. The molecule has 0 saturated carbocycles. The third-order valence-corrected chi connectivity index (χ3v) is 5.96. The summed E-state index contributed by atoms with van der Waals surface area (Å²) in [5, 5.41) is 6.36. The number of likely N-dealkylation sites (tertiary alicyclic amines) is 1. The Morgan fingerprint density at radius 2 is 1.86 bits per heavy atom. The second kappa shape index (κ2) is 7.30. The zero-order valence-electron chi connectivity index (χ0n) is 17.9. The molecule has 7 heteroatoms. The Balaban J connectivity index is 1.64. The summed E-state index contributed by atoms with van der Waals surface area (Å²) in [5.41, 5.74) is 3.24. The van der Waals surface area contributed by atoms with Gasteiger partial charge in [-0.25, -0.2) is 4.98 Å². The highest BCUT2D eigenvalue weighted by atomic mass is 16.1. The Bertz CT molecular complexity index is 927. The first-order valence-corrected chi connectivity index (χ1v) is 10.2. The molecule has 0 aliphatic carbocycles. The van der Waals surface area contributed by atoms with Gasteiger partial charge in [-0.05, 0) is 56.1 Å². The highest BCUT2D eigenvalue weighted by Crippen LogP contribution is 2.35. The molecule has 1 fully saturated rings. The third kappa shape index (κ3) is 3.92. The maximum Gasteiger partial charge on any atom is 0.261 e. The van der Waals surface area contributed by atoms with Crippen LogP contribution in [0.15, 0.2) is 24.4 Å². The summed E-state index contributed by atoms with van der Waals surface area (Å²) in [4.78, 5) is 26.5. The lowest BCUT2D eigenvalue weighted by Gasteiger charge is -2.35. The Labute approximate surface area is 172 Å². The number of hydrogen-bond donors (Lipinski definition) is 2. The highest BCUT2D eigenvalue weighted by Gasteiger charge is 2.26. The lowest BCUT2D eigenvalue weighted by atomic mass is 9.86. The smallest absolute Gasteiger partial charge is 0.261 e. The van der Waals surface area contributed by atoms with Crippen LogP contribution in [-0.4, -0.2) is 54.0 Å². The molecule has 1 aromatic heterocycles. The molecule has 3 heterocycles. The second-order valence-corrected chi connectivity index (χ2v) is 9.17. The van der Waals surface area contributed by atoms with Gasteiger partial charge in [0.05, 0.1) is 11.4 Å². The number of carbonyl (C=O) groups excluding carboxylic acids is 1. The van der Waals surface area contributed by atoms with E-state index in [-0.39, 0.29) is 11.3 Å². The Kier molecular flexibility index (Phi) is 4.94. The van der Waals surface area contributed by atoms with Crippen LogP contribution in [0.25, 0.3) is 0 Å². The molecular weight excluding hydrogens is 364 g/mol. The maximum absolute atomic E-state index is 12.8. The third-order valence-electron chi connectivity index (χ3n) is 5.96. The van der Waals surface area contributed by atoms with Crippen molar-refractivity contribution < 1.29 is 4.79 Å². The van der Waals surface area contributed by atoms with Crippen LogP contribution >= 0.6 is 0 Å². The van der Waals surface area contributed by atoms with E-state index in [0.717, 1.165) is 42.9 Å². The average Bonchev–Trinajstić information content (AvgIpc) is 2.82. The van der Waals surface area contributed by atoms with E-state index in [1.165, 1.54) is 0 Å². The molecule has 0 unspecified atom stereocenters. The quantitative estimate of drug-likeness (QED) is 0.811. The van der Waals surface area contributed by atoms with Crippen LogP contribution in [0.2, 0.25) is 0 Å². The number of nitrogens with one attached hydrogen (secondary N) is 2. The van der Waals surface area contributed by atoms with Crippen LogP contribution in [-0.2, 0) is 5.41 Å². The Morgan fingerprint density at radius 1 is 1.14 bits per heavy atom. The van der Waals surface area contributed by atoms with Crippen molar-refractivity contribution in [1.82, 2.24) is 14.9 Å². The van der Waals surface area contributed by atoms with Gasteiger partial charge in [-0.1, -0.05) is 26.8 Å². The number of rotatable bonds is 2. The van der Waals surface area contributed by atoms with Gasteiger partial charge < -0.3 is 20.4 Å². The van der Waals surface area contributed by atoms with Gasteiger partial charge in [0.1, 0.15) is 11.4 Å². The van der Waals surface area contributed by atoms with Gasteiger partial charge in [-0.3, -0.25) is 4.79 Å². The fourth-order valence-corrected chi connectivity index (χ4v) is 3.89. The minimum atomic E-state index is -0.189. The molecule has 7 nitrogen and oxygen atoms in total. The normalized spacial score (nSPS) is 17.6. The fraction of sp³-hybridized carbons (Fsp3) is 0.500. The van der Waals surface area contributed by atoms with Crippen molar-refractivity contribution in [2.75, 3.05) is 42.7 Å². The summed E-state index contributed by atoms with van der Waals surface area (Å²) in [6, 6.07) is 6.54. The lowest BCUT2D eigenvalue weighted by molar-refractivity contribution is 0.102. The molecule has 2 N–H and O–H groups in total. The molecule has 1 aromatic carbocycles. The maximum atomic E-state index is 12.8. The molecule has 29 heavy (non-hydrogen) atoms. The largest absolute Gasteiger partial charge is 0.341 e. The number of hydrogen-bond acceptors (Lipinski definition) is 6. The van der Waals surface area contributed by atoms with Crippen LogP contribution in [0.4, 0.5) is 23.1 Å². The molecule has 0 atom stereocenters. The molecule has 0 radical (unpaired) electrons. The minimum Gasteiger partial charge on any atom is -0.341 e. The van der Waals surface area contributed by atoms with Gasteiger partial charge in [0, 0.05) is 19.3 Å². The van der Waals surface area contributed by atoms with E-state index in [0.29, 0.717) is 23.4 Å². The van der Waals surface area contributed by atoms with E-state index < -0.39 is 0 Å². The van der Waals surface area contributed by atoms with Crippen LogP contribution in [0.1, 0.15) is 49.5 Å². The van der Waals surface area contributed by atoms with Crippen LogP contribution in [0, 0.1) is 0 Å². The van der Waals surface area contributed by atoms with Gasteiger partial charge in [0.15, 0.2) is 0 Å². The average molecular weight is 395 g/mol. The topological polar surface area (TPSA) is 73.4 Å². The van der Waals surface area contributed by atoms with Gasteiger partial charge in [0.2, 0.25) is 5.95 Å². The SMILES string of the molecule is CN1CCC(N(C)c2ncc3c(n2)Nc2ccc(C(C)(C)C)cc2NC3=O)CC1. The van der Waals surface area contributed by atoms with Gasteiger partial charge in [-0.2, -0.15) is 4.98 Å². The number of fused-ring (bicyclic) bond motifs is 2. The van der Waals surface area contributed by atoms with Crippen LogP contribution < -0.4 is 15.5 Å². The van der Waals surface area contributed by atoms with Crippen molar-refractivity contribution in [3.05, 3.63) is 35.5 Å². The molecule has 154 valence electrons. The summed E-state index contributed by atoms with van der Waals surface area (Å²) in [6.45, 7) is 8.62. The number of amides is 1. The standard InChI is InChI=1S/C22H30N6O/c1-22(2,3)14-6-7-17-18(12-14)25-20(29)16-13-23-21(26-19(16)24-17)28(5)15-8-10-27(4)11-9-15/h6-7,12-13,15H,8-11H2,1-5H3,(H,25,29)(H,23,24,26). The number of aromatic nitrogens is 2. The summed E-state index contributed by atoms with van der Waals surface area (Å²) in [7, 11) is 4.19. The molecule has 2 aliphatic rings. The minimum absolute atomic E-state index is 0.00264. The van der Waals surface area contributed by atoms with Crippen molar-refractivity contribution in [2.24, 2.45) is 0 Å². The Hall–Kier alpha value is -2.67. The molecule has 2 aliphatic heterocycles. The van der Waals surface area contributed by atoms with Crippen molar-refractivity contribution >= 4 is 29.0 Å². The van der Waals surface area contributed by atoms with E-state index in [2.05, 4.69) is 59.3 Å². The zero-order valence-corrected chi connectivity index (χ0v) is 17.9. The van der Waals surface area contributed by atoms with Crippen molar-refractivity contribution in [3.63, 3.8) is 0 Å². The van der Waals surface area contributed by atoms with Crippen molar-refractivity contribution in [1.29, 1.82) is 0 Å². The number of anilines is 4. The van der Waals surface area contributed by atoms with Crippen molar-refractivity contribution in [2.45, 2.75) is 45.1 Å². The number of piperidine rings is 1. The van der Waals surface area contributed by atoms with Crippen molar-refractivity contribution in [3.8, 4) is 0 Å². The summed E-state index contributed by atoms with van der Waals surface area (Å²) < 4.78 is 0. The predicted molar refractivity (Wildman–Crippen MR) is 117 cm³/mol.